The lowest BCUT2D eigenvalue weighted by atomic mass is 10.1. The van der Waals surface area contributed by atoms with Gasteiger partial charge in [-0.3, -0.25) is 9.59 Å². The second-order valence-electron chi connectivity index (χ2n) is 4.44. The summed E-state index contributed by atoms with van der Waals surface area (Å²) in [6, 6.07) is -1.25. The van der Waals surface area contributed by atoms with Gasteiger partial charge < -0.3 is 15.5 Å². The topological polar surface area (TPSA) is 129 Å². The maximum atomic E-state index is 12.0. The Labute approximate surface area is 119 Å². The van der Waals surface area contributed by atoms with E-state index in [1.54, 1.807) is 0 Å². The maximum Gasteiger partial charge on any atom is 0.326 e. The van der Waals surface area contributed by atoms with Crippen molar-refractivity contribution >= 4 is 29.4 Å². The smallest absolute Gasteiger partial charge is 0.326 e. The molecular weight excluding hydrogens is 286 g/mol. The lowest BCUT2D eigenvalue weighted by molar-refractivity contribution is -0.140. The number of hydrogen-bond acceptors (Lipinski definition) is 6. The fourth-order valence-corrected chi connectivity index (χ4v) is 2.20. The molecule has 0 aromatic carbocycles. The number of carbonyl (C=O) groups is 3. The normalized spacial score (nSPS) is 12.2. The van der Waals surface area contributed by atoms with Gasteiger partial charge >= 0.3 is 11.9 Å². The third kappa shape index (κ3) is 4.26. The first-order valence-electron chi connectivity index (χ1n) is 5.90. The van der Waals surface area contributed by atoms with Gasteiger partial charge in [-0.25, -0.2) is 4.79 Å². The van der Waals surface area contributed by atoms with E-state index in [1.807, 2.05) is 13.8 Å². The summed E-state index contributed by atoms with van der Waals surface area (Å²) < 4.78 is 3.68. The van der Waals surface area contributed by atoms with Crippen LogP contribution >= 0.6 is 11.5 Å². The van der Waals surface area contributed by atoms with E-state index in [4.69, 9.17) is 10.2 Å². The zero-order valence-corrected chi connectivity index (χ0v) is 11.8. The average Bonchev–Trinajstić information content (AvgIpc) is 2.82. The van der Waals surface area contributed by atoms with Gasteiger partial charge in [-0.1, -0.05) is 18.3 Å². The van der Waals surface area contributed by atoms with Crippen molar-refractivity contribution in [2.75, 3.05) is 0 Å². The van der Waals surface area contributed by atoms with Crippen molar-refractivity contribution in [3.8, 4) is 0 Å². The van der Waals surface area contributed by atoms with Gasteiger partial charge in [0.2, 0.25) is 0 Å². The van der Waals surface area contributed by atoms with E-state index in [-0.39, 0.29) is 23.6 Å². The molecule has 0 bridgehead atoms. The number of aliphatic carboxylic acids is 2. The Bertz CT molecular complexity index is 514. The summed E-state index contributed by atoms with van der Waals surface area (Å²) in [6.07, 6.45) is -0.519. The Morgan fingerprint density at radius 1 is 1.30 bits per heavy atom. The van der Waals surface area contributed by atoms with E-state index < -0.39 is 23.9 Å². The molecule has 1 amide bonds. The number of hydrogen-bond donors (Lipinski definition) is 3. The van der Waals surface area contributed by atoms with E-state index in [0.29, 0.717) is 5.69 Å². The van der Waals surface area contributed by atoms with Crippen molar-refractivity contribution in [3.05, 3.63) is 10.6 Å². The molecular formula is C11H15N3O5S. The minimum absolute atomic E-state index is 0.0169. The predicted molar refractivity (Wildman–Crippen MR) is 69.8 cm³/mol. The molecule has 8 nitrogen and oxygen atoms in total. The molecule has 1 atom stereocenters. The molecule has 1 aromatic heterocycles. The maximum absolute atomic E-state index is 12.0. The van der Waals surface area contributed by atoms with Crippen molar-refractivity contribution in [1.29, 1.82) is 0 Å². The van der Waals surface area contributed by atoms with Crippen LogP contribution in [0.5, 0.6) is 0 Å². The molecule has 1 heterocycles. The van der Waals surface area contributed by atoms with E-state index in [0.717, 1.165) is 11.5 Å². The van der Waals surface area contributed by atoms with Crippen LogP contribution in [0.1, 0.15) is 48.0 Å². The van der Waals surface area contributed by atoms with Crippen molar-refractivity contribution < 1.29 is 24.6 Å². The SMILES string of the molecule is CC(C)c1nnsc1C(=O)NC(CCC(=O)O)C(=O)O. The van der Waals surface area contributed by atoms with Gasteiger partial charge in [-0.05, 0) is 23.9 Å². The molecule has 0 aliphatic carbocycles. The van der Waals surface area contributed by atoms with Crippen LogP contribution in [0.4, 0.5) is 0 Å². The molecule has 1 aromatic rings. The minimum Gasteiger partial charge on any atom is -0.481 e. The highest BCUT2D eigenvalue weighted by molar-refractivity contribution is 7.08. The summed E-state index contributed by atoms with van der Waals surface area (Å²) >= 11 is 0.882. The Morgan fingerprint density at radius 2 is 1.95 bits per heavy atom. The molecule has 0 radical (unpaired) electrons. The van der Waals surface area contributed by atoms with Gasteiger partial charge in [-0.15, -0.1) is 5.10 Å². The molecule has 0 aliphatic heterocycles. The van der Waals surface area contributed by atoms with Crippen LogP contribution < -0.4 is 5.32 Å². The number of rotatable bonds is 7. The number of amides is 1. The van der Waals surface area contributed by atoms with E-state index in [2.05, 4.69) is 14.9 Å². The van der Waals surface area contributed by atoms with E-state index in [9.17, 15) is 14.4 Å². The number of carboxylic acids is 2. The van der Waals surface area contributed by atoms with Crippen LogP contribution in [-0.4, -0.2) is 43.7 Å². The third-order valence-electron chi connectivity index (χ3n) is 2.52. The quantitative estimate of drug-likeness (QED) is 0.676. The Morgan fingerprint density at radius 3 is 2.45 bits per heavy atom. The highest BCUT2D eigenvalue weighted by atomic mass is 32.1. The summed E-state index contributed by atoms with van der Waals surface area (Å²) in [4.78, 5) is 33.7. The second kappa shape index (κ2) is 6.94. The van der Waals surface area contributed by atoms with Crippen LogP contribution in [0.2, 0.25) is 0 Å². The van der Waals surface area contributed by atoms with Gasteiger partial charge in [0.1, 0.15) is 10.9 Å². The number of nitrogens with zero attached hydrogens (tertiary/aromatic N) is 2. The Balaban J connectivity index is 2.77. The number of aromatic nitrogens is 2. The van der Waals surface area contributed by atoms with Crippen LogP contribution in [0.3, 0.4) is 0 Å². The standard InChI is InChI=1S/C11H15N3O5S/c1-5(2)8-9(20-14-13-8)10(17)12-6(11(18)19)3-4-7(15)16/h5-6H,3-4H2,1-2H3,(H,12,17)(H,15,16)(H,18,19). The monoisotopic (exact) mass is 301 g/mol. The zero-order valence-electron chi connectivity index (χ0n) is 11.0. The van der Waals surface area contributed by atoms with Crippen LogP contribution in [0, 0.1) is 0 Å². The summed E-state index contributed by atoms with van der Waals surface area (Å²) in [5.41, 5.74) is 0.495. The highest BCUT2D eigenvalue weighted by Crippen LogP contribution is 2.19. The van der Waals surface area contributed by atoms with Gasteiger partial charge in [-0.2, -0.15) is 0 Å². The average molecular weight is 301 g/mol. The molecule has 1 unspecified atom stereocenters. The van der Waals surface area contributed by atoms with Crippen molar-refractivity contribution in [3.63, 3.8) is 0 Å². The molecule has 0 saturated heterocycles. The van der Waals surface area contributed by atoms with Gasteiger partial charge in [0, 0.05) is 6.42 Å². The molecule has 1 rings (SSSR count). The molecule has 110 valence electrons. The first-order chi connectivity index (χ1) is 9.32. The first kappa shape index (κ1) is 16.0. The summed E-state index contributed by atoms with van der Waals surface area (Å²) in [5, 5.41) is 23.7. The number of carboxylic acid groups (broad SMARTS) is 2. The van der Waals surface area contributed by atoms with Gasteiger partial charge in [0.25, 0.3) is 5.91 Å². The van der Waals surface area contributed by atoms with Crippen molar-refractivity contribution in [2.24, 2.45) is 0 Å². The summed E-state index contributed by atoms with van der Waals surface area (Å²) in [5.74, 6) is -3.01. The van der Waals surface area contributed by atoms with E-state index in [1.165, 1.54) is 0 Å². The van der Waals surface area contributed by atoms with Crippen molar-refractivity contribution in [1.82, 2.24) is 14.9 Å². The van der Waals surface area contributed by atoms with Gasteiger partial charge in [0.15, 0.2) is 0 Å². The number of nitrogens with one attached hydrogen (secondary N) is 1. The zero-order chi connectivity index (χ0) is 15.3. The van der Waals surface area contributed by atoms with Crippen molar-refractivity contribution in [2.45, 2.75) is 38.6 Å². The third-order valence-corrected chi connectivity index (χ3v) is 3.26. The van der Waals surface area contributed by atoms with Gasteiger partial charge in [0.05, 0.1) is 5.69 Å². The molecule has 0 aliphatic rings. The van der Waals surface area contributed by atoms with Crippen LogP contribution in [-0.2, 0) is 9.59 Å². The highest BCUT2D eigenvalue weighted by Gasteiger charge is 2.25. The Kier molecular flexibility index (Phi) is 5.56. The minimum atomic E-state index is -1.27. The fourth-order valence-electron chi connectivity index (χ4n) is 1.48. The molecule has 3 N–H and O–H groups in total. The Hall–Kier alpha value is -2.03. The molecule has 0 saturated carbocycles. The largest absolute Gasteiger partial charge is 0.481 e. The number of carbonyl (C=O) groups excluding carboxylic acids is 1. The summed E-state index contributed by atoms with van der Waals surface area (Å²) in [7, 11) is 0. The van der Waals surface area contributed by atoms with Crippen LogP contribution in [0.15, 0.2) is 0 Å². The summed E-state index contributed by atoms with van der Waals surface area (Å²) in [6.45, 7) is 3.68. The first-order valence-corrected chi connectivity index (χ1v) is 6.68. The molecule has 9 heteroatoms. The lowest BCUT2D eigenvalue weighted by Crippen LogP contribution is -2.41. The fraction of sp³-hybridized carbons (Fsp3) is 0.545. The molecule has 0 fully saturated rings. The predicted octanol–water partition coefficient (Wildman–Crippen LogP) is 0.709. The van der Waals surface area contributed by atoms with E-state index >= 15 is 0 Å². The molecule has 0 spiro atoms. The second-order valence-corrected chi connectivity index (χ2v) is 5.19. The lowest BCUT2D eigenvalue weighted by Gasteiger charge is -2.13. The van der Waals surface area contributed by atoms with Crippen LogP contribution in [0.25, 0.3) is 0 Å². The molecule has 20 heavy (non-hydrogen) atoms.